The molecule has 158 valence electrons. The van der Waals surface area contributed by atoms with E-state index in [2.05, 4.69) is 20.9 Å². The third kappa shape index (κ3) is 3.65. The van der Waals surface area contributed by atoms with Crippen LogP contribution in [0.1, 0.15) is 46.9 Å². The summed E-state index contributed by atoms with van der Waals surface area (Å²) in [5.41, 5.74) is 3.97. The second-order valence-corrected chi connectivity index (χ2v) is 8.42. The third-order valence-electron chi connectivity index (χ3n) is 5.95. The Morgan fingerprint density at radius 1 is 1.16 bits per heavy atom. The zero-order chi connectivity index (χ0) is 21.5. The van der Waals surface area contributed by atoms with Crippen LogP contribution in [0.4, 0.5) is 5.69 Å². The number of aromatic amines is 1. The molecule has 0 saturated heterocycles. The molecule has 2 aliphatic rings. The van der Waals surface area contributed by atoms with Gasteiger partial charge in [-0.05, 0) is 55.2 Å². The smallest absolute Gasteiger partial charge is 0.254 e. The highest BCUT2D eigenvalue weighted by molar-refractivity contribution is 6.31. The summed E-state index contributed by atoms with van der Waals surface area (Å²) < 4.78 is 0. The molecule has 4 N–H and O–H groups in total. The summed E-state index contributed by atoms with van der Waals surface area (Å²) in [4.78, 5) is 41.3. The van der Waals surface area contributed by atoms with Gasteiger partial charge >= 0.3 is 0 Å². The first-order valence-corrected chi connectivity index (χ1v) is 10.7. The molecule has 1 aliphatic heterocycles. The van der Waals surface area contributed by atoms with E-state index in [9.17, 15) is 14.4 Å². The van der Waals surface area contributed by atoms with Gasteiger partial charge in [0.25, 0.3) is 5.91 Å². The summed E-state index contributed by atoms with van der Waals surface area (Å²) in [5, 5.41) is 10.2. The van der Waals surface area contributed by atoms with Crippen LogP contribution in [0.2, 0.25) is 5.02 Å². The first-order valence-electron chi connectivity index (χ1n) is 10.3. The van der Waals surface area contributed by atoms with E-state index >= 15 is 0 Å². The van der Waals surface area contributed by atoms with Crippen molar-refractivity contribution in [2.45, 2.75) is 37.8 Å². The molecule has 0 radical (unpaired) electrons. The van der Waals surface area contributed by atoms with Gasteiger partial charge in [-0.1, -0.05) is 23.7 Å². The molecule has 3 amide bonds. The quantitative estimate of drug-likeness (QED) is 0.505. The molecule has 0 bridgehead atoms. The van der Waals surface area contributed by atoms with Crippen LogP contribution >= 0.6 is 11.6 Å². The second kappa shape index (κ2) is 7.74. The minimum absolute atomic E-state index is 0.135. The molecule has 2 atom stereocenters. The van der Waals surface area contributed by atoms with Crippen molar-refractivity contribution in [2.24, 2.45) is 0 Å². The Morgan fingerprint density at radius 3 is 2.87 bits per heavy atom. The number of carbonyl (C=O) groups excluding carboxylic acids is 3. The van der Waals surface area contributed by atoms with Crippen LogP contribution in [0.25, 0.3) is 10.9 Å². The number of carbonyl (C=O) groups is 3. The van der Waals surface area contributed by atoms with E-state index in [1.54, 1.807) is 24.3 Å². The summed E-state index contributed by atoms with van der Waals surface area (Å²) in [6, 6.07) is 11.4. The van der Waals surface area contributed by atoms with Crippen LogP contribution in [-0.4, -0.2) is 28.7 Å². The van der Waals surface area contributed by atoms with Gasteiger partial charge in [0, 0.05) is 21.6 Å². The van der Waals surface area contributed by atoms with Crippen molar-refractivity contribution in [1.29, 1.82) is 0 Å². The Hall–Kier alpha value is -3.32. The van der Waals surface area contributed by atoms with Gasteiger partial charge in [0.1, 0.15) is 6.04 Å². The number of amides is 3. The Kier molecular flexibility index (Phi) is 4.90. The summed E-state index contributed by atoms with van der Waals surface area (Å²) in [6.45, 7) is 0. The summed E-state index contributed by atoms with van der Waals surface area (Å²) in [5.74, 6) is -1.07. The molecule has 0 spiro atoms. The molecule has 1 aliphatic carbocycles. The van der Waals surface area contributed by atoms with Crippen molar-refractivity contribution in [3.8, 4) is 0 Å². The van der Waals surface area contributed by atoms with Gasteiger partial charge in [0.15, 0.2) is 0 Å². The summed E-state index contributed by atoms with van der Waals surface area (Å²) in [7, 11) is 0. The van der Waals surface area contributed by atoms with Crippen molar-refractivity contribution in [1.82, 2.24) is 15.6 Å². The fourth-order valence-corrected chi connectivity index (χ4v) is 4.65. The highest BCUT2D eigenvalue weighted by Gasteiger charge is 2.31. The Bertz CT molecular complexity index is 1220. The van der Waals surface area contributed by atoms with Gasteiger partial charge < -0.3 is 20.9 Å². The van der Waals surface area contributed by atoms with Crippen LogP contribution in [0, 0.1) is 0 Å². The van der Waals surface area contributed by atoms with Crippen LogP contribution in [0.5, 0.6) is 0 Å². The molecule has 2 unspecified atom stereocenters. The zero-order valence-electron chi connectivity index (χ0n) is 16.6. The van der Waals surface area contributed by atoms with E-state index in [0.717, 1.165) is 35.9 Å². The number of benzene rings is 2. The van der Waals surface area contributed by atoms with E-state index < -0.39 is 11.9 Å². The lowest BCUT2D eigenvalue weighted by Gasteiger charge is -2.24. The van der Waals surface area contributed by atoms with Gasteiger partial charge in [-0.2, -0.15) is 0 Å². The Balaban J connectivity index is 1.32. The van der Waals surface area contributed by atoms with Crippen molar-refractivity contribution >= 4 is 45.9 Å². The van der Waals surface area contributed by atoms with Crippen molar-refractivity contribution in [3.63, 3.8) is 0 Å². The summed E-state index contributed by atoms with van der Waals surface area (Å²) in [6.07, 6.45) is 2.52. The number of rotatable bonds is 3. The number of halogens is 1. The lowest BCUT2D eigenvalue weighted by atomic mass is 9.91. The second-order valence-electron chi connectivity index (χ2n) is 7.98. The molecule has 2 aromatic carbocycles. The predicted octanol–water partition coefficient (Wildman–Crippen LogP) is 3.46. The maximum Gasteiger partial charge on any atom is 0.254 e. The van der Waals surface area contributed by atoms with Gasteiger partial charge in [-0.15, -0.1) is 0 Å². The first kappa shape index (κ1) is 19.6. The van der Waals surface area contributed by atoms with E-state index in [4.69, 9.17) is 11.6 Å². The minimum atomic E-state index is -0.940. The van der Waals surface area contributed by atoms with E-state index in [-0.39, 0.29) is 24.3 Å². The van der Waals surface area contributed by atoms with Crippen LogP contribution in [-0.2, 0) is 16.0 Å². The molecule has 3 aromatic rings. The summed E-state index contributed by atoms with van der Waals surface area (Å²) >= 11 is 6.16. The molecule has 0 fully saturated rings. The maximum atomic E-state index is 12.8. The van der Waals surface area contributed by atoms with Crippen molar-refractivity contribution in [3.05, 3.63) is 64.3 Å². The fourth-order valence-electron chi connectivity index (χ4n) is 4.47. The van der Waals surface area contributed by atoms with Gasteiger partial charge in [0.05, 0.1) is 23.7 Å². The first-order chi connectivity index (χ1) is 15.0. The number of anilines is 1. The standard InChI is InChI=1S/C23H21ClN4O3/c24-12-8-9-17-15(10-12)13-5-3-7-18(21(13)26-17)25-20(29)11-19-23(31)27-16-6-2-1-4-14(16)22(30)28-19/h1-2,4,6,8-10,18-19,26H,3,5,7,11H2,(H,25,29)(H,27,31)(H,28,30). The normalized spacial score (nSPS) is 20.3. The minimum Gasteiger partial charge on any atom is -0.356 e. The molecular weight excluding hydrogens is 416 g/mol. The van der Waals surface area contributed by atoms with Crippen molar-refractivity contribution < 1.29 is 14.4 Å². The number of H-pyrrole nitrogens is 1. The lowest BCUT2D eigenvalue weighted by Crippen LogP contribution is -2.45. The van der Waals surface area contributed by atoms with Crippen LogP contribution in [0.3, 0.4) is 0 Å². The maximum absolute atomic E-state index is 12.8. The van der Waals surface area contributed by atoms with Crippen molar-refractivity contribution in [2.75, 3.05) is 5.32 Å². The Morgan fingerprint density at radius 2 is 2.00 bits per heavy atom. The predicted molar refractivity (Wildman–Crippen MR) is 118 cm³/mol. The van der Waals surface area contributed by atoms with Crippen LogP contribution in [0.15, 0.2) is 42.5 Å². The third-order valence-corrected chi connectivity index (χ3v) is 6.18. The number of aromatic nitrogens is 1. The number of hydrogen-bond acceptors (Lipinski definition) is 3. The molecule has 2 heterocycles. The van der Waals surface area contributed by atoms with Gasteiger partial charge in [-0.3, -0.25) is 14.4 Å². The molecule has 0 saturated carbocycles. The highest BCUT2D eigenvalue weighted by Crippen LogP contribution is 2.35. The molecule has 5 rings (SSSR count). The SMILES string of the molecule is O=C(CC1NC(=O)c2ccccc2NC1=O)NC1CCCc2c1[nH]c1ccc(Cl)cc21. The molecule has 7 nitrogen and oxygen atoms in total. The number of hydrogen-bond donors (Lipinski definition) is 4. The van der Waals surface area contributed by atoms with Crippen LogP contribution < -0.4 is 16.0 Å². The van der Waals surface area contributed by atoms with E-state index in [0.29, 0.717) is 16.3 Å². The molecular formula is C23H21ClN4O3. The number of aryl methyl sites for hydroxylation is 1. The topological polar surface area (TPSA) is 103 Å². The number of fused-ring (bicyclic) bond motifs is 4. The van der Waals surface area contributed by atoms with E-state index in [1.165, 1.54) is 5.56 Å². The monoisotopic (exact) mass is 436 g/mol. The molecule has 1 aromatic heterocycles. The van der Waals surface area contributed by atoms with E-state index in [1.807, 2.05) is 18.2 Å². The van der Waals surface area contributed by atoms with Gasteiger partial charge in [-0.25, -0.2) is 0 Å². The molecule has 31 heavy (non-hydrogen) atoms. The Labute approximate surface area is 183 Å². The number of para-hydroxylation sites is 1. The zero-order valence-corrected chi connectivity index (χ0v) is 17.4. The lowest BCUT2D eigenvalue weighted by molar-refractivity contribution is -0.126. The average molecular weight is 437 g/mol. The highest BCUT2D eigenvalue weighted by atomic mass is 35.5. The largest absolute Gasteiger partial charge is 0.356 e. The van der Waals surface area contributed by atoms with Gasteiger partial charge in [0.2, 0.25) is 11.8 Å². The number of nitrogens with one attached hydrogen (secondary N) is 4. The fraction of sp³-hybridized carbons (Fsp3) is 0.261. The average Bonchev–Trinajstić information content (AvgIpc) is 3.07. The molecule has 8 heteroatoms.